The number of anilines is 1. The Hall–Kier alpha value is -2.04. The smallest absolute Gasteiger partial charge is 0.227 e. The van der Waals surface area contributed by atoms with Crippen LogP contribution in [0.25, 0.3) is 0 Å². The van der Waals surface area contributed by atoms with Crippen LogP contribution < -0.4 is 15.0 Å². The number of ether oxygens (including phenoxy) is 1. The molecule has 1 heterocycles. The molecule has 1 N–H and O–H groups in total. The normalized spacial score (nSPS) is 18.2. The lowest BCUT2D eigenvalue weighted by molar-refractivity contribution is -0.126. The van der Waals surface area contributed by atoms with Crippen molar-refractivity contribution in [2.75, 3.05) is 24.6 Å². The summed E-state index contributed by atoms with van der Waals surface area (Å²) in [6.07, 6.45) is 0.256. The molecule has 108 valence electrons. The molecule has 1 aromatic carbocycles. The molecule has 0 bridgehead atoms. The quantitative estimate of drug-likeness (QED) is 0.888. The molecule has 1 aromatic rings. The molecule has 1 aliphatic rings. The summed E-state index contributed by atoms with van der Waals surface area (Å²) in [5, 5.41) is 2.77. The fourth-order valence-electron chi connectivity index (χ4n) is 2.39. The molecule has 0 spiro atoms. The van der Waals surface area contributed by atoms with Crippen LogP contribution in [0.3, 0.4) is 0 Å². The number of nitrogens with one attached hydrogen (secondary N) is 1. The molecule has 0 radical (unpaired) electrons. The van der Waals surface area contributed by atoms with Crippen molar-refractivity contribution in [1.29, 1.82) is 0 Å². The van der Waals surface area contributed by atoms with Gasteiger partial charge < -0.3 is 15.0 Å². The molecule has 0 saturated carbocycles. The zero-order valence-electron chi connectivity index (χ0n) is 11.9. The lowest BCUT2D eigenvalue weighted by Crippen LogP contribution is -2.32. The molecular weight excluding hydrogens is 256 g/mol. The van der Waals surface area contributed by atoms with Gasteiger partial charge in [-0.1, -0.05) is 12.1 Å². The molecule has 0 aliphatic carbocycles. The number of nitrogens with zero attached hydrogens (tertiary/aromatic N) is 1. The van der Waals surface area contributed by atoms with Crippen LogP contribution >= 0.6 is 0 Å². The Morgan fingerprint density at radius 2 is 2.15 bits per heavy atom. The highest BCUT2D eigenvalue weighted by atomic mass is 16.5. The number of para-hydroxylation sites is 2. The SMILES string of the molecule is CCNC(=O)C1CC(=O)N(c2ccccc2OCC)C1. The van der Waals surface area contributed by atoms with Crippen LogP contribution in [0, 0.1) is 5.92 Å². The van der Waals surface area contributed by atoms with Crippen molar-refractivity contribution < 1.29 is 14.3 Å². The van der Waals surface area contributed by atoms with Crippen LogP contribution in [0.5, 0.6) is 5.75 Å². The Morgan fingerprint density at radius 3 is 2.85 bits per heavy atom. The van der Waals surface area contributed by atoms with Crippen LogP contribution in [0.15, 0.2) is 24.3 Å². The standard InChI is InChI=1S/C15H20N2O3/c1-3-16-15(19)11-9-14(18)17(10-11)12-7-5-6-8-13(12)20-4-2/h5-8,11H,3-4,9-10H2,1-2H3,(H,16,19). The molecule has 1 saturated heterocycles. The molecule has 0 aromatic heterocycles. The van der Waals surface area contributed by atoms with Crippen molar-refractivity contribution >= 4 is 17.5 Å². The summed E-state index contributed by atoms with van der Waals surface area (Å²) in [6, 6.07) is 7.43. The first kappa shape index (κ1) is 14.4. The minimum atomic E-state index is -0.280. The maximum absolute atomic E-state index is 12.1. The van der Waals surface area contributed by atoms with Gasteiger partial charge in [-0.2, -0.15) is 0 Å². The summed E-state index contributed by atoms with van der Waals surface area (Å²) in [5.74, 6) is 0.308. The van der Waals surface area contributed by atoms with Crippen molar-refractivity contribution in [2.45, 2.75) is 20.3 Å². The number of carbonyl (C=O) groups excluding carboxylic acids is 2. The van der Waals surface area contributed by atoms with Crippen LogP contribution in [-0.4, -0.2) is 31.5 Å². The van der Waals surface area contributed by atoms with Crippen LogP contribution in [0.4, 0.5) is 5.69 Å². The first-order valence-electron chi connectivity index (χ1n) is 6.97. The number of carbonyl (C=O) groups is 2. The van der Waals surface area contributed by atoms with E-state index in [1.165, 1.54) is 0 Å². The van der Waals surface area contributed by atoms with Gasteiger partial charge in [0.15, 0.2) is 0 Å². The molecule has 2 rings (SSSR count). The van der Waals surface area contributed by atoms with Gasteiger partial charge in [0.1, 0.15) is 5.75 Å². The Morgan fingerprint density at radius 1 is 1.40 bits per heavy atom. The number of hydrogen-bond donors (Lipinski definition) is 1. The summed E-state index contributed by atoms with van der Waals surface area (Å²) in [7, 11) is 0. The average Bonchev–Trinajstić information content (AvgIpc) is 2.82. The van der Waals surface area contributed by atoms with Gasteiger partial charge in [0.2, 0.25) is 11.8 Å². The van der Waals surface area contributed by atoms with Crippen molar-refractivity contribution in [3.8, 4) is 5.75 Å². The zero-order chi connectivity index (χ0) is 14.5. The Labute approximate surface area is 118 Å². The van der Waals surface area contributed by atoms with Crippen molar-refractivity contribution in [3.05, 3.63) is 24.3 Å². The fraction of sp³-hybridized carbons (Fsp3) is 0.467. The molecular formula is C15H20N2O3. The summed E-state index contributed by atoms with van der Waals surface area (Å²) >= 11 is 0. The largest absolute Gasteiger partial charge is 0.492 e. The number of hydrogen-bond acceptors (Lipinski definition) is 3. The molecule has 5 heteroatoms. The van der Waals surface area contributed by atoms with Crippen molar-refractivity contribution in [3.63, 3.8) is 0 Å². The highest BCUT2D eigenvalue weighted by Crippen LogP contribution is 2.32. The van der Waals surface area contributed by atoms with Crippen LogP contribution in [-0.2, 0) is 9.59 Å². The van der Waals surface area contributed by atoms with Gasteiger partial charge in [-0.25, -0.2) is 0 Å². The number of benzene rings is 1. The molecule has 1 aliphatic heterocycles. The van der Waals surface area contributed by atoms with Gasteiger partial charge in [0.25, 0.3) is 0 Å². The predicted molar refractivity (Wildman–Crippen MR) is 76.8 cm³/mol. The average molecular weight is 276 g/mol. The van der Waals surface area contributed by atoms with Gasteiger partial charge in [0.05, 0.1) is 18.2 Å². The van der Waals surface area contributed by atoms with E-state index in [-0.39, 0.29) is 24.2 Å². The lowest BCUT2D eigenvalue weighted by Gasteiger charge is -2.20. The van der Waals surface area contributed by atoms with E-state index in [2.05, 4.69) is 5.32 Å². The third kappa shape index (κ3) is 2.92. The summed E-state index contributed by atoms with van der Waals surface area (Å²) < 4.78 is 5.55. The van der Waals surface area contributed by atoms with Gasteiger partial charge >= 0.3 is 0 Å². The molecule has 1 atom stereocenters. The minimum absolute atomic E-state index is 0.0339. The second-order valence-corrected chi connectivity index (χ2v) is 4.70. The molecule has 20 heavy (non-hydrogen) atoms. The third-order valence-corrected chi connectivity index (χ3v) is 3.30. The van der Waals surface area contributed by atoms with Crippen molar-refractivity contribution in [1.82, 2.24) is 5.32 Å². The monoisotopic (exact) mass is 276 g/mol. The topological polar surface area (TPSA) is 58.6 Å². The number of rotatable bonds is 5. The maximum Gasteiger partial charge on any atom is 0.227 e. The number of amides is 2. The third-order valence-electron chi connectivity index (χ3n) is 3.30. The Kier molecular flexibility index (Phi) is 4.61. The highest BCUT2D eigenvalue weighted by molar-refractivity contribution is 6.01. The Balaban J connectivity index is 2.17. The zero-order valence-corrected chi connectivity index (χ0v) is 11.9. The summed E-state index contributed by atoms with van der Waals surface area (Å²) in [4.78, 5) is 25.6. The van der Waals surface area contributed by atoms with Crippen molar-refractivity contribution in [2.24, 2.45) is 5.92 Å². The molecule has 1 fully saturated rings. The van der Waals surface area contributed by atoms with E-state index in [0.29, 0.717) is 25.4 Å². The maximum atomic E-state index is 12.1. The minimum Gasteiger partial charge on any atom is -0.492 e. The molecule has 1 unspecified atom stereocenters. The van der Waals surface area contributed by atoms with E-state index in [1.807, 2.05) is 38.1 Å². The lowest BCUT2D eigenvalue weighted by atomic mass is 10.1. The van der Waals surface area contributed by atoms with Gasteiger partial charge in [-0.05, 0) is 26.0 Å². The first-order valence-corrected chi connectivity index (χ1v) is 6.97. The predicted octanol–water partition coefficient (Wildman–Crippen LogP) is 1.57. The van der Waals surface area contributed by atoms with Gasteiger partial charge in [-0.15, -0.1) is 0 Å². The van der Waals surface area contributed by atoms with Crippen LogP contribution in [0.2, 0.25) is 0 Å². The van der Waals surface area contributed by atoms with E-state index in [0.717, 1.165) is 5.69 Å². The molecule has 5 nitrogen and oxygen atoms in total. The fourth-order valence-corrected chi connectivity index (χ4v) is 2.39. The van der Waals surface area contributed by atoms with E-state index < -0.39 is 0 Å². The first-order chi connectivity index (χ1) is 9.67. The Bertz CT molecular complexity index is 502. The van der Waals surface area contributed by atoms with Gasteiger partial charge in [0, 0.05) is 19.5 Å². The van der Waals surface area contributed by atoms with Gasteiger partial charge in [-0.3, -0.25) is 9.59 Å². The van der Waals surface area contributed by atoms with E-state index in [9.17, 15) is 9.59 Å². The van der Waals surface area contributed by atoms with Crippen LogP contribution in [0.1, 0.15) is 20.3 Å². The second-order valence-electron chi connectivity index (χ2n) is 4.70. The van der Waals surface area contributed by atoms with E-state index >= 15 is 0 Å². The highest BCUT2D eigenvalue weighted by Gasteiger charge is 2.35. The summed E-state index contributed by atoms with van der Waals surface area (Å²) in [6.45, 7) is 5.31. The summed E-state index contributed by atoms with van der Waals surface area (Å²) in [5.41, 5.74) is 0.742. The molecule has 2 amide bonds. The van der Waals surface area contributed by atoms with E-state index in [1.54, 1.807) is 4.90 Å². The van der Waals surface area contributed by atoms with E-state index in [4.69, 9.17) is 4.74 Å². The second kappa shape index (κ2) is 6.41.